The third kappa shape index (κ3) is 5.09. The maximum absolute atomic E-state index is 13.0. The molecule has 1 atom stereocenters. The Morgan fingerprint density at radius 1 is 1.29 bits per heavy atom. The van der Waals surface area contributed by atoms with E-state index in [4.69, 9.17) is 34.0 Å². The summed E-state index contributed by atoms with van der Waals surface area (Å²) in [6.45, 7) is 0. The molecule has 0 spiro atoms. The molecule has 21 heavy (non-hydrogen) atoms. The van der Waals surface area contributed by atoms with Crippen molar-refractivity contribution >= 4 is 46.8 Å². The summed E-state index contributed by atoms with van der Waals surface area (Å²) in [6.07, 6.45) is -0.590. The van der Waals surface area contributed by atoms with Crippen LogP contribution in [0, 0.1) is 5.82 Å². The highest BCUT2D eigenvalue weighted by atomic mass is 35.5. The fraction of sp³-hybridized carbons (Fsp3) is 0.182. The third-order valence-corrected chi connectivity index (χ3v) is 2.85. The maximum Gasteiger partial charge on any atom is 0.326 e. The first-order valence-corrected chi connectivity index (χ1v) is 6.19. The smallest absolute Gasteiger partial charge is 0.326 e. The molecule has 1 rings (SSSR count). The SMILES string of the molecule is NC(=O)CC(NC(=O)Nc1c(Cl)cc(F)cc1Cl)C(=O)O. The van der Waals surface area contributed by atoms with Crippen molar-refractivity contribution < 1.29 is 23.9 Å². The van der Waals surface area contributed by atoms with Gasteiger partial charge in [0.2, 0.25) is 5.91 Å². The van der Waals surface area contributed by atoms with E-state index in [-0.39, 0.29) is 15.7 Å². The summed E-state index contributed by atoms with van der Waals surface area (Å²) in [7, 11) is 0. The number of carboxylic acid groups (broad SMARTS) is 1. The Labute approximate surface area is 128 Å². The predicted molar refractivity (Wildman–Crippen MR) is 73.8 cm³/mol. The van der Waals surface area contributed by atoms with Crippen molar-refractivity contribution in [2.24, 2.45) is 5.73 Å². The number of anilines is 1. The van der Waals surface area contributed by atoms with Crippen LogP contribution in [0.1, 0.15) is 6.42 Å². The zero-order chi connectivity index (χ0) is 16.2. The topological polar surface area (TPSA) is 122 Å². The molecule has 1 aromatic carbocycles. The molecule has 3 amide bonds. The molecule has 0 radical (unpaired) electrons. The number of urea groups is 1. The van der Waals surface area contributed by atoms with Crippen molar-refractivity contribution in [3.8, 4) is 0 Å². The van der Waals surface area contributed by atoms with E-state index in [1.165, 1.54) is 0 Å². The largest absolute Gasteiger partial charge is 0.480 e. The van der Waals surface area contributed by atoms with Gasteiger partial charge in [-0.3, -0.25) is 4.79 Å². The van der Waals surface area contributed by atoms with Gasteiger partial charge in [0.15, 0.2) is 0 Å². The van der Waals surface area contributed by atoms with E-state index in [2.05, 4.69) is 5.32 Å². The van der Waals surface area contributed by atoms with Crippen LogP contribution in [0.5, 0.6) is 0 Å². The highest BCUT2D eigenvalue weighted by Gasteiger charge is 2.23. The van der Waals surface area contributed by atoms with Gasteiger partial charge in [-0.15, -0.1) is 0 Å². The lowest BCUT2D eigenvalue weighted by atomic mass is 10.2. The van der Waals surface area contributed by atoms with E-state index in [1.807, 2.05) is 5.32 Å². The Bertz CT molecular complexity index is 574. The number of amides is 3. The second kappa shape index (κ2) is 7.09. The van der Waals surface area contributed by atoms with Crippen LogP contribution in [-0.4, -0.2) is 29.1 Å². The number of carboxylic acids is 1. The number of carbonyl (C=O) groups is 3. The Kier molecular flexibility index (Phi) is 5.74. The van der Waals surface area contributed by atoms with Crippen LogP contribution in [0.15, 0.2) is 12.1 Å². The lowest BCUT2D eigenvalue weighted by Crippen LogP contribution is -2.45. The van der Waals surface area contributed by atoms with E-state index in [1.54, 1.807) is 0 Å². The zero-order valence-electron chi connectivity index (χ0n) is 10.3. The van der Waals surface area contributed by atoms with E-state index < -0.39 is 36.2 Å². The minimum absolute atomic E-state index is 0.0968. The molecule has 7 nitrogen and oxygen atoms in total. The molecule has 0 aliphatic heterocycles. The quantitative estimate of drug-likeness (QED) is 0.651. The molecule has 114 valence electrons. The van der Waals surface area contributed by atoms with Crippen LogP contribution in [0.25, 0.3) is 0 Å². The summed E-state index contributed by atoms with van der Waals surface area (Å²) >= 11 is 11.4. The van der Waals surface area contributed by atoms with E-state index in [0.29, 0.717) is 0 Å². The molecule has 0 bridgehead atoms. The van der Waals surface area contributed by atoms with Crippen LogP contribution in [0.3, 0.4) is 0 Å². The number of halogens is 3. The first kappa shape index (κ1) is 17.0. The standard InChI is InChI=1S/C11H10Cl2FN3O4/c12-5-1-4(14)2-6(13)9(5)17-11(21)16-7(10(19)20)3-8(15)18/h1-2,7H,3H2,(H2,15,18)(H,19,20)(H2,16,17,21). The number of hydrogen-bond acceptors (Lipinski definition) is 3. The first-order chi connectivity index (χ1) is 9.70. The summed E-state index contributed by atoms with van der Waals surface area (Å²) in [5, 5.41) is 12.7. The van der Waals surface area contributed by atoms with Crippen LogP contribution in [0.4, 0.5) is 14.9 Å². The molecule has 1 unspecified atom stereocenters. The second-order valence-corrected chi connectivity index (χ2v) is 4.72. The zero-order valence-corrected chi connectivity index (χ0v) is 11.8. The molecule has 0 aromatic heterocycles. The van der Waals surface area contributed by atoms with Crippen molar-refractivity contribution in [2.75, 3.05) is 5.32 Å². The van der Waals surface area contributed by atoms with Gasteiger partial charge in [0.1, 0.15) is 11.9 Å². The van der Waals surface area contributed by atoms with Crippen molar-refractivity contribution in [1.29, 1.82) is 0 Å². The summed E-state index contributed by atoms with van der Waals surface area (Å²) in [5.74, 6) is -3.05. The van der Waals surface area contributed by atoms with Crippen molar-refractivity contribution in [3.05, 3.63) is 28.0 Å². The Morgan fingerprint density at radius 2 is 1.81 bits per heavy atom. The molecule has 0 heterocycles. The minimum atomic E-state index is -1.51. The number of nitrogens with one attached hydrogen (secondary N) is 2. The molecule has 10 heteroatoms. The van der Waals surface area contributed by atoms with Gasteiger partial charge in [-0.1, -0.05) is 23.2 Å². The van der Waals surface area contributed by atoms with E-state index in [9.17, 15) is 18.8 Å². The van der Waals surface area contributed by atoms with Crippen molar-refractivity contribution in [3.63, 3.8) is 0 Å². The molecule has 0 fully saturated rings. The molecule has 1 aromatic rings. The van der Waals surface area contributed by atoms with Gasteiger partial charge < -0.3 is 21.5 Å². The van der Waals surface area contributed by atoms with Gasteiger partial charge in [0, 0.05) is 0 Å². The average Bonchev–Trinajstić information content (AvgIpc) is 2.32. The van der Waals surface area contributed by atoms with E-state index >= 15 is 0 Å². The Balaban J connectivity index is 2.82. The Morgan fingerprint density at radius 3 is 2.24 bits per heavy atom. The fourth-order valence-corrected chi connectivity index (χ4v) is 1.93. The number of nitrogens with two attached hydrogens (primary N) is 1. The molecule has 0 saturated carbocycles. The number of hydrogen-bond donors (Lipinski definition) is 4. The van der Waals surface area contributed by atoms with Crippen LogP contribution in [0.2, 0.25) is 10.0 Å². The lowest BCUT2D eigenvalue weighted by molar-refractivity contribution is -0.140. The van der Waals surface area contributed by atoms with Gasteiger partial charge in [-0.05, 0) is 12.1 Å². The third-order valence-electron chi connectivity index (χ3n) is 2.25. The second-order valence-electron chi connectivity index (χ2n) is 3.90. The summed E-state index contributed by atoms with van der Waals surface area (Å²) in [6, 6.07) is -0.665. The summed E-state index contributed by atoms with van der Waals surface area (Å²) < 4.78 is 13.0. The Hall–Kier alpha value is -2.06. The molecule has 0 saturated heterocycles. The number of primary amides is 1. The highest BCUT2D eigenvalue weighted by Crippen LogP contribution is 2.31. The van der Waals surface area contributed by atoms with Crippen molar-refractivity contribution in [2.45, 2.75) is 12.5 Å². The summed E-state index contributed by atoms with van der Waals surface area (Å²) in [5.41, 5.74) is 4.77. The van der Waals surface area contributed by atoms with Gasteiger partial charge in [0.05, 0.1) is 22.2 Å². The van der Waals surface area contributed by atoms with Crippen LogP contribution < -0.4 is 16.4 Å². The average molecular weight is 338 g/mol. The van der Waals surface area contributed by atoms with Gasteiger partial charge in [-0.25, -0.2) is 14.0 Å². The number of carbonyl (C=O) groups excluding carboxylic acids is 2. The molecular formula is C11H10Cl2FN3O4. The van der Waals surface area contributed by atoms with Gasteiger partial charge >= 0.3 is 12.0 Å². The molecule has 5 N–H and O–H groups in total. The highest BCUT2D eigenvalue weighted by molar-refractivity contribution is 6.39. The normalized spacial score (nSPS) is 11.6. The van der Waals surface area contributed by atoms with Crippen LogP contribution >= 0.6 is 23.2 Å². The van der Waals surface area contributed by atoms with Gasteiger partial charge in [0.25, 0.3) is 0 Å². The number of benzene rings is 1. The van der Waals surface area contributed by atoms with Crippen LogP contribution in [-0.2, 0) is 9.59 Å². The first-order valence-electron chi connectivity index (χ1n) is 5.44. The predicted octanol–water partition coefficient (Wildman–Crippen LogP) is 1.58. The van der Waals surface area contributed by atoms with Crippen molar-refractivity contribution in [1.82, 2.24) is 5.32 Å². The number of rotatable bonds is 5. The maximum atomic E-state index is 13.0. The lowest BCUT2D eigenvalue weighted by Gasteiger charge is -2.15. The van der Waals surface area contributed by atoms with E-state index in [0.717, 1.165) is 12.1 Å². The van der Waals surface area contributed by atoms with Gasteiger partial charge in [-0.2, -0.15) is 0 Å². The fourth-order valence-electron chi connectivity index (χ4n) is 1.37. The molecule has 0 aliphatic rings. The summed E-state index contributed by atoms with van der Waals surface area (Å²) in [4.78, 5) is 33.2. The minimum Gasteiger partial charge on any atom is -0.480 e. The molecule has 0 aliphatic carbocycles. The number of aliphatic carboxylic acids is 1. The molecular weight excluding hydrogens is 328 g/mol. The monoisotopic (exact) mass is 337 g/mol.